The summed E-state index contributed by atoms with van der Waals surface area (Å²) < 4.78 is 21.5. The molecule has 1 amide bonds. The average Bonchev–Trinajstić information content (AvgIpc) is 3.24. The second-order valence-electron chi connectivity index (χ2n) is 6.00. The lowest BCUT2D eigenvalue weighted by atomic mass is 10.2. The maximum absolute atomic E-state index is 12.9. The molecule has 4 aromatic rings. The number of furan rings is 1. The van der Waals surface area contributed by atoms with Gasteiger partial charge in [-0.2, -0.15) is 0 Å². The van der Waals surface area contributed by atoms with E-state index in [1.54, 1.807) is 4.57 Å². The summed E-state index contributed by atoms with van der Waals surface area (Å²) >= 11 is 4.70. The Balaban J connectivity index is 1.45. The molecule has 0 fully saturated rings. The molecule has 0 aliphatic rings. The molecule has 0 bridgehead atoms. The third-order valence-corrected chi connectivity index (χ3v) is 5.51. The Morgan fingerprint density at radius 2 is 2.00 bits per heavy atom. The van der Waals surface area contributed by atoms with Gasteiger partial charge in [-0.3, -0.25) is 4.79 Å². The fraction of sp³-hybridized carbons (Fsp3) is 0.105. The molecule has 0 saturated carbocycles. The molecule has 2 aromatic carbocycles. The van der Waals surface area contributed by atoms with Gasteiger partial charge in [-0.15, -0.1) is 10.2 Å². The molecule has 0 aliphatic heterocycles. The molecule has 142 valence electrons. The van der Waals surface area contributed by atoms with Crippen LogP contribution in [-0.2, 0) is 11.8 Å². The van der Waals surface area contributed by atoms with Crippen molar-refractivity contribution in [3.8, 4) is 11.6 Å². The smallest absolute Gasteiger partial charge is 0.234 e. The Kier molecular flexibility index (Phi) is 5.19. The fourth-order valence-electron chi connectivity index (χ4n) is 2.64. The van der Waals surface area contributed by atoms with Gasteiger partial charge in [0.15, 0.2) is 16.7 Å². The van der Waals surface area contributed by atoms with Gasteiger partial charge in [-0.05, 0) is 48.5 Å². The highest BCUT2D eigenvalue weighted by molar-refractivity contribution is 9.10. The van der Waals surface area contributed by atoms with Crippen LogP contribution in [-0.4, -0.2) is 26.4 Å². The SMILES string of the molecule is Cn1c(SCC(=O)Nc2ccc(F)cc2)nnc1-c1cc2cc(Br)ccc2o1. The lowest BCUT2D eigenvalue weighted by molar-refractivity contribution is -0.113. The molecule has 2 heterocycles. The van der Waals surface area contributed by atoms with Gasteiger partial charge in [0.1, 0.15) is 11.4 Å². The largest absolute Gasteiger partial charge is 0.453 e. The molecule has 0 radical (unpaired) electrons. The highest BCUT2D eigenvalue weighted by Gasteiger charge is 2.16. The summed E-state index contributed by atoms with van der Waals surface area (Å²) in [6.45, 7) is 0. The number of carbonyl (C=O) groups excluding carboxylic acids is 1. The first-order chi connectivity index (χ1) is 13.5. The number of halogens is 2. The topological polar surface area (TPSA) is 73.0 Å². The monoisotopic (exact) mass is 460 g/mol. The number of anilines is 1. The number of benzene rings is 2. The summed E-state index contributed by atoms with van der Waals surface area (Å²) in [5.74, 6) is 0.766. The Labute approximate surface area is 172 Å². The van der Waals surface area contributed by atoms with E-state index in [0.717, 1.165) is 15.4 Å². The maximum Gasteiger partial charge on any atom is 0.234 e. The number of thioether (sulfide) groups is 1. The Morgan fingerprint density at radius 1 is 1.21 bits per heavy atom. The molecule has 9 heteroatoms. The van der Waals surface area contributed by atoms with Gasteiger partial charge >= 0.3 is 0 Å². The van der Waals surface area contributed by atoms with E-state index in [0.29, 0.717) is 22.4 Å². The predicted octanol–water partition coefficient (Wildman–Crippen LogP) is 4.86. The zero-order chi connectivity index (χ0) is 19.7. The van der Waals surface area contributed by atoms with Crippen molar-refractivity contribution in [1.29, 1.82) is 0 Å². The van der Waals surface area contributed by atoms with E-state index >= 15 is 0 Å². The van der Waals surface area contributed by atoms with Crippen molar-refractivity contribution in [2.45, 2.75) is 5.16 Å². The average molecular weight is 461 g/mol. The van der Waals surface area contributed by atoms with Crippen LogP contribution < -0.4 is 5.32 Å². The van der Waals surface area contributed by atoms with Crippen LogP contribution >= 0.6 is 27.7 Å². The van der Waals surface area contributed by atoms with E-state index in [1.165, 1.54) is 36.0 Å². The Hall–Kier alpha value is -2.65. The second kappa shape index (κ2) is 7.76. The van der Waals surface area contributed by atoms with Crippen LogP contribution in [0.25, 0.3) is 22.6 Å². The molecule has 28 heavy (non-hydrogen) atoms. The number of carbonyl (C=O) groups is 1. The third kappa shape index (κ3) is 3.95. The van der Waals surface area contributed by atoms with Crippen molar-refractivity contribution in [3.63, 3.8) is 0 Å². The van der Waals surface area contributed by atoms with E-state index in [4.69, 9.17) is 4.42 Å². The van der Waals surface area contributed by atoms with Crippen LogP contribution in [0, 0.1) is 5.82 Å². The Bertz CT molecular complexity index is 1160. The van der Waals surface area contributed by atoms with Gasteiger partial charge in [0.25, 0.3) is 0 Å². The van der Waals surface area contributed by atoms with Crippen molar-refractivity contribution in [1.82, 2.24) is 14.8 Å². The third-order valence-electron chi connectivity index (χ3n) is 3.99. The van der Waals surface area contributed by atoms with Gasteiger partial charge in [-0.25, -0.2) is 4.39 Å². The fourth-order valence-corrected chi connectivity index (χ4v) is 3.73. The predicted molar refractivity (Wildman–Crippen MR) is 110 cm³/mol. The number of nitrogens with one attached hydrogen (secondary N) is 1. The molecule has 0 atom stereocenters. The summed E-state index contributed by atoms with van der Waals surface area (Å²) in [5.41, 5.74) is 1.30. The summed E-state index contributed by atoms with van der Waals surface area (Å²) in [5, 5.41) is 12.6. The number of nitrogens with zero attached hydrogens (tertiary/aromatic N) is 3. The van der Waals surface area contributed by atoms with Gasteiger partial charge in [-0.1, -0.05) is 27.7 Å². The molecular weight excluding hydrogens is 447 g/mol. The van der Waals surface area contributed by atoms with Gasteiger partial charge in [0.05, 0.1) is 5.75 Å². The highest BCUT2D eigenvalue weighted by atomic mass is 79.9. The summed E-state index contributed by atoms with van der Waals surface area (Å²) in [6.07, 6.45) is 0. The van der Waals surface area contributed by atoms with Gasteiger partial charge < -0.3 is 14.3 Å². The molecule has 4 rings (SSSR count). The molecular formula is C19H14BrFN4O2S. The first-order valence-corrected chi connectivity index (χ1v) is 10.0. The highest BCUT2D eigenvalue weighted by Crippen LogP contribution is 2.30. The number of fused-ring (bicyclic) bond motifs is 1. The zero-order valence-electron chi connectivity index (χ0n) is 14.6. The lowest BCUT2D eigenvalue weighted by Gasteiger charge is -2.05. The van der Waals surface area contributed by atoms with Crippen molar-refractivity contribution in [2.24, 2.45) is 7.05 Å². The minimum Gasteiger partial charge on any atom is -0.453 e. The van der Waals surface area contributed by atoms with E-state index in [9.17, 15) is 9.18 Å². The molecule has 1 N–H and O–H groups in total. The van der Waals surface area contributed by atoms with E-state index in [1.807, 2.05) is 31.3 Å². The Morgan fingerprint density at radius 3 is 2.79 bits per heavy atom. The second-order valence-corrected chi connectivity index (χ2v) is 7.86. The van der Waals surface area contributed by atoms with Crippen LogP contribution in [0.4, 0.5) is 10.1 Å². The van der Waals surface area contributed by atoms with E-state index in [2.05, 4.69) is 31.4 Å². The minimum absolute atomic E-state index is 0.149. The molecule has 0 unspecified atom stereocenters. The minimum atomic E-state index is -0.350. The van der Waals surface area contributed by atoms with Crippen molar-refractivity contribution < 1.29 is 13.6 Å². The summed E-state index contributed by atoms with van der Waals surface area (Å²) in [6, 6.07) is 13.3. The quantitative estimate of drug-likeness (QED) is 0.430. The number of aromatic nitrogens is 3. The van der Waals surface area contributed by atoms with Crippen LogP contribution in [0.3, 0.4) is 0 Å². The number of hydrogen-bond acceptors (Lipinski definition) is 5. The number of hydrogen-bond donors (Lipinski definition) is 1. The van der Waals surface area contributed by atoms with Crippen molar-refractivity contribution >= 4 is 50.3 Å². The summed E-state index contributed by atoms with van der Waals surface area (Å²) in [7, 11) is 1.82. The standard InChI is InChI=1S/C19H14BrFN4O2S/c1-25-18(16-9-11-8-12(20)2-7-15(11)27-16)23-24-19(25)28-10-17(26)22-14-5-3-13(21)4-6-14/h2-9H,10H2,1H3,(H,22,26). The number of rotatable bonds is 5. The van der Waals surface area contributed by atoms with Gasteiger partial charge in [0, 0.05) is 22.6 Å². The molecule has 2 aromatic heterocycles. The molecule has 0 saturated heterocycles. The first kappa shape index (κ1) is 18.7. The zero-order valence-corrected chi connectivity index (χ0v) is 17.1. The van der Waals surface area contributed by atoms with Crippen molar-refractivity contribution in [2.75, 3.05) is 11.1 Å². The molecule has 0 aliphatic carbocycles. The van der Waals surface area contributed by atoms with Gasteiger partial charge in [0.2, 0.25) is 5.91 Å². The lowest BCUT2D eigenvalue weighted by Crippen LogP contribution is -2.14. The normalized spacial score (nSPS) is 11.1. The van der Waals surface area contributed by atoms with Crippen molar-refractivity contribution in [3.05, 3.63) is 58.8 Å². The van der Waals surface area contributed by atoms with E-state index in [-0.39, 0.29) is 17.5 Å². The first-order valence-electron chi connectivity index (χ1n) is 8.27. The van der Waals surface area contributed by atoms with E-state index < -0.39 is 0 Å². The van der Waals surface area contributed by atoms with Crippen LogP contribution in [0.15, 0.2) is 62.6 Å². The molecule has 6 nitrogen and oxygen atoms in total. The summed E-state index contributed by atoms with van der Waals surface area (Å²) in [4.78, 5) is 12.1. The maximum atomic E-state index is 12.9. The van der Waals surface area contributed by atoms with Crippen LogP contribution in [0.1, 0.15) is 0 Å². The van der Waals surface area contributed by atoms with Crippen LogP contribution in [0.2, 0.25) is 0 Å². The van der Waals surface area contributed by atoms with Crippen LogP contribution in [0.5, 0.6) is 0 Å². The number of amides is 1. The molecule has 0 spiro atoms.